The zero-order valence-electron chi connectivity index (χ0n) is 13.8. The van der Waals surface area contributed by atoms with E-state index in [1.165, 1.54) is 0 Å². The smallest absolute Gasteiger partial charge is 0.349 e. The van der Waals surface area contributed by atoms with Gasteiger partial charge in [-0.15, -0.1) is 0 Å². The number of ether oxygens (including phenoxy) is 1. The molecule has 128 valence electrons. The Morgan fingerprint density at radius 1 is 1.38 bits per heavy atom. The number of nitrogens with one attached hydrogen (secondary N) is 1. The number of benzene rings is 1. The first-order valence-electron chi connectivity index (χ1n) is 8.32. The van der Waals surface area contributed by atoms with E-state index < -0.39 is 11.5 Å². The van der Waals surface area contributed by atoms with Crippen LogP contribution < -0.4 is 10.9 Å². The highest BCUT2D eigenvalue weighted by atomic mass is 16.5. The molecule has 0 radical (unpaired) electrons. The molecule has 1 atom stereocenters. The van der Waals surface area contributed by atoms with Crippen molar-refractivity contribution in [2.24, 2.45) is 0 Å². The molecular formula is C18H22N2O4. The van der Waals surface area contributed by atoms with Crippen LogP contribution in [0.4, 0.5) is 0 Å². The highest BCUT2D eigenvalue weighted by Gasteiger charge is 2.19. The van der Waals surface area contributed by atoms with Crippen molar-refractivity contribution in [1.29, 1.82) is 0 Å². The largest absolute Gasteiger partial charge is 0.422 e. The van der Waals surface area contributed by atoms with E-state index in [0.717, 1.165) is 38.0 Å². The maximum absolute atomic E-state index is 12.2. The van der Waals surface area contributed by atoms with Crippen LogP contribution in [0.25, 0.3) is 11.0 Å². The van der Waals surface area contributed by atoms with Crippen molar-refractivity contribution in [3.8, 4) is 0 Å². The summed E-state index contributed by atoms with van der Waals surface area (Å²) >= 11 is 0. The predicted molar refractivity (Wildman–Crippen MR) is 91.3 cm³/mol. The minimum Gasteiger partial charge on any atom is -0.422 e. The van der Waals surface area contributed by atoms with E-state index in [1.807, 2.05) is 12.1 Å². The van der Waals surface area contributed by atoms with Gasteiger partial charge in [0.1, 0.15) is 11.1 Å². The van der Waals surface area contributed by atoms with Crippen LogP contribution in [0.2, 0.25) is 0 Å². The van der Waals surface area contributed by atoms with Gasteiger partial charge in [0.05, 0.1) is 12.7 Å². The SMILES string of the molecule is CCN1CCOC(CCNC(=O)c2cc3ccccc3oc2=O)C1. The third-order valence-corrected chi connectivity index (χ3v) is 4.31. The summed E-state index contributed by atoms with van der Waals surface area (Å²) < 4.78 is 10.9. The molecule has 24 heavy (non-hydrogen) atoms. The second-order valence-electron chi connectivity index (χ2n) is 5.92. The fourth-order valence-electron chi connectivity index (χ4n) is 2.90. The van der Waals surface area contributed by atoms with Gasteiger partial charge in [-0.3, -0.25) is 9.69 Å². The van der Waals surface area contributed by atoms with E-state index in [4.69, 9.17) is 9.15 Å². The van der Waals surface area contributed by atoms with Crippen LogP contribution >= 0.6 is 0 Å². The van der Waals surface area contributed by atoms with Gasteiger partial charge < -0.3 is 14.5 Å². The second-order valence-corrected chi connectivity index (χ2v) is 5.92. The van der Waals surface area contributed by atoms with Gasteiger partial charge in [-0.05, 0) is 25.1 Å². The number of hydrogen-bond donors (Lipinski definition) is 1. The fourth-order valence-corrected chi connectivity index (χ4v) is 2.90. The molecular weight excluding hydrogens is 308 g/mol. The van der Waals surface area contributed by atoms with Crippen molar-refractivity contribution >= 4 is 16.9 Å². The molecule has 1 aromatic heterocycles. The second kappa shape index (κ2) is 7.59. The van der Waals surface area contributed by atoms with Gasteiger partial charge in [-0.2, -0.15) is 0 Å². The molecule has 0 saturated carbocycles. The first kappa shape index (κ1) is 16.7. The molecule has 1 aromatic carbocycles. The van der Waals surface area contributed by atoms with E-state index in [-0.39, 0.29) is 11.7 Å². The fraction of sp³-hybridized carbons (Fsp3) is 0.444. The van der Waals surface area contributed by atoms with E-state index >= 15 is 0 Å². The minimum atomic E-state index is -0.614. The van der Waals surface area contributed by atoms with Gasteiger partial charge in [-0.25, -0.2) is 4.79 Å². The van der Waals surface area contributed by atoms with Crippen molar-refractivity contribution in [3.05, 3.63) is 46.3 Å². The Labute approximate surface area is 140 Å². The van der Waals surface area contributed by atoms with Crippen LogP contribution in [0, 0.1) is 0 Å². The summed E-state index contributed by atoms with van der Waals surface area (Å²) in [7, 11) is 0. The first-order chi connectivity index (χ1) is 11.7. The molecule has 3 rings (SSSR count). The number of likely N-dealkylation sites (N-methyl/N-ethyl adjacent to an activating group) is 1. The van der Waals surface area contributed by atoms with Crippen molar-refractivity contribution in [2.45, 2.75) is 19.4 Å². The van der Waals surface area contributed by atoms with Gasteiger partial charge in [-0.1, -0.05) is 25.1 Å². The predicted octanol–water partition coefficient (Wildman–Crippen LogP) is 1.63. The highest BCUT2D eigenvalue weighted by Crippen LogP contribution is 2.12. The maximum Gasteiger partial charge on any atom is 0.349 e. The number of para-hydroxylation sites is 1. The lowest BCUT2D eigenvalue weighted by Gasteiger charge is -2.32. The van der Waals surface area contributed by atoms with Crippen LogP contribution in [-0.4, -0.2) is 49.7 Å². The average molecular weight is 330 g/mol. The number of morpholine rings is 1. The Bertz CT molecular complexity index is 771. The molecule has 1 aliphatic heterocycles. The number of carbonyl (C=O) groups is 1. The maximum atomic E-state index is 12.2. The molecule has 6 heteroatoms. The van der Waals surface area contributed by atoms with Crippen molar-refractivity contribution < 1.29 is 13.9 Å². The lowest BCUT2D eigenvalue weighted by Crippen LogP contribution is -2.43. The van der Waals surface area contributed by atoms with E-state index in [9.17, 15) is 9.59 Å². The zero-order valence-corrected chi connectivity index (χ0v) is 13.8. The molecule has 2 heterocycles. The monoisotopic (exact) mass is 330 g/mol. The van der Waals surface area contributed by atoms with Crippen molar-refractivity contribution in [1.82, 2.24) is 10.2 Å². The standard InChI is InChI=1S/C18H22N2O4/c1-2-20-9-10-23-14(12-20)7-8-19-17(21)15-11-13-5-3-4-6-16(13)24-18(15)22/h3-6,11,14H,2,7-10,12H2,1H3,(H,19,21). The molecule has 1 unspecified atom stereocenters. The van der Waals surface area contributed by atoms with Crippen LogP contribution in [0.5, 0.6) is 0 Å². The summed E-state index contributed by atoms with van der Waals surface area (Å²) in [5.74, 6) is -0.405. The summed E-state index contributed by atoms with van der Waals surface area (Å²) in [4.78, 5) is 26.5. The summed E-state index contributed by atoms with van der Waals surface area (Å²) in [5.41, 5.74) is -0.0972. The molecule has 0 aliphatic carbocycles. The van der Waals surface area contributed by atoms with Crippen molar-refractivity contribution in [3.63, 3.8) is 0 Å². The molecule has 1 N–H and O–H groups in total. The summed E-state index contributed by atoms with van der Waals surface area (Å²) in [6, 6.07) is 8.72. The normalized spacial score (nSPS) is 18.6. The number of nitrogens with zero attached hydrogens (tertiary/aromatic N) is 1. The Morgan fingerprint density at radius 3 is 3.04 bits per heavy atom. The van der Waals surface area contributed by atoms with Gasteiger partial charge in [0.15, 0.2) is 0 Å². The van der Waals surface area contributed by atoms with Crippen LogP contribution in [0.15, 0.2) is 39.5 Å². The molecule has 1 aliphatic rings. The van der Waals surface area contributed by atoms with E-state index in [2.05, 4.69) is 17.1 Å². The number of hydrogen-bond acceptors (Lipinski definition) is 5. The third-order valence-electron chi connectivity index (χ3n) is 4.31. The Hall–Kier alpha value is -2.18. The topological polar surface area (TPSA) is 71.8 Å². The quantitative estimate of drug-likeness (QED) is 0.844. The molecule has 1 saturated heterocycles. The Balaban J connectivity index is 1.59. The molecule has 0 bridgehead atoms. The van der Waals surface area contributed by atoms with Crippen LogP contribution in [0.1, 0.15) is 23.7 Å². The van der Waals surface area contributed by atoms with Gasteiger partial charge in [0.2, 0.25) is 0 Å². The van der Waals surface area contributed by atoms with Gasteiger partial charge >= 0.3 is 5.63 Å². The number of carbonyl (C=O) groups excluding carboxylic acids is 1. The number of fused-ring (bicyclic) bond motifs is 1. The molecule has 2 aromatic rings. The molecule has 1 amide bonds. The summed E-state index contributed by atoms with van der Waals surface area (Å²) in [5, 5.41) is 3.52. The highest BCUT2D eigenvalue weighted by molar-refractivity contribution is 5.96. The average Bonchev–Trinajstić information content (AvgIpc) is 2.61. The molecule has 1 fully saturated rings. The number of rotatable bonds is 5. The van der Waals surface area contributed by atoms with Gasteiger partial charge in [0, 0.05) is 25.0 Å². The Kier molecular flexibility index (Phi) is 5.27. The van der Waals surface area contributed by atoms with E-state index in [0.29, 0.717) is 12.1 Å². The van der Waals surface area contributed by atoms with Gasteiger partial charge in [0.25, 0.3) is 5.91 Å². The minimum absolute atomic E-state index is 0.0356. The lowest BCUT2D eigenvalue weighted by molar-refractivity contribution is -0.0296. The Morgan fingerprint density at radius 2 is 2.21 bits per heavy atom. The van der Waals surface area contributed by atoms with Crippen LogP contribution in [0.3, 0.4) is 0 Å². The lowest BCUT2D eigenvalue weighted by atomic mass is 10.1. The van der Waals surface area contributed by atoms with Crippen LogP contribution in [-0.2, 0) is 4.74 Å². The summed E-state index contributed by atoms with van der Waals surface area (Å²) in [6.07, 6.45) is 0.841. The van der Waals surface area contributed by atoms with E-state index in [1.54, 1.807) is 18.2 Å². The first-order valence-corrected chi connectivity index (χ1v) is 8.32. The zero-order chi connectivity index (χ0) is 16.9. The summed E-state index contributed by atoms with van der Waals surface area (Å²) in [6.45, 7) is 6.16. The van der Waals surface area contributed by atoms with Crippen molar-refractivity contribution in [2.75, 3.05) is 32.8 Å². The molecule has 6 nitrogen and oxygen atoms in total. The third kappa shape index (κ3) is 3.83. The molecule has 0 spiro atoms. The number of amides is 1.